The number of rotatable bonds is 5. The van der Waals surface area contributed by atoms with Crippen molar-refractivity contribution in [2.75, 3.05) is 11.8 Å². The van der Waals surface area contributed by atoms with Crippen molar-refractivity contribution in [1.82, 2.24) is 5.32 Å². The van der Waals surface area contributed by atoms with Gasteiger partial charge in [-0.1, -0.05) is 6.07 Å². The molecule has 7 heteroatoms. The lowest BCUT2D eigenvalue weighted by atomic mass is 10.0. The molecule has 0 heterocycles. The molecular weight excluding hydrogens is 291 g/mol. The highest BCUT2D eigenvalue weighted by Gasteiger charge is 2.26. The molecule has 0 radical (unpaired) electrons. The van der Waals surface area contributed by atoms with Crippen LogP contribution in [0.1, 0.15) is 22.8 Å². The van der Waals surface area contributed by atoms with Crippen LogP contribution in [0.3, 0.4) is 0 Å². The summed E-state index contributed by atoms with van der Waals surface area (Å²) in [5.41, 5.74) is 0.0107. The number of nitrogens with zero attached hydrogens (tertiary/aromatic N) is 1. The highest BCUT2D eigenvalue weighted by molar-refractivity contribution is 6.22. The van der Waals surface area contributed by atoms with Gasteiger partial charge in [-0.15, -0.1) is 23.2 Å². The minimum absolute atomic E-state index is 0.130. The molecule has 1 aromatic rings. The molecule has 0 saturated carbocycles. The molecule has 1 aromatic carbocycles. The maximum atomic E-state index is 12.1. The molecule has 0 atom stereocenters. The van der Waals surface area contributed by atoms with Crippen molar-refractivity contribution >= 4 is 34.8 Å². The first-order valence-electron chi connectivity index (χ1n) is 5.52. The van der Waals surface area contributed by atoms with Crippen LogP contribution in [-0.2, 0) is 0 Å². The number of nitro groups is 1. The average molecular weight is 305 g/mol. The molecule has 5 nitrogen and oxygen atoms in total. The van der Waals surface area contributed by atoms with Crippen LogP contribution in [0.15, 0.2) is 18.2 Å². The van der Waals surface area contributed by atoms with E-state index in [2.05, 4.69) is 5.32 Å². The molecule has 0 bridgehead atoms. The maximum Gasteiger partial charge on any atom is 0.270 e. The molecule has 0 aromatic heterocycles. The minimum Gasteiger partial charge on any atom is -0.344 e. The van der Waals surface area contributed by atoms with Crippen LogP contribution in [-0.4, -0.2) is 28.1 Å². The summed E-state index contributed by atoms with van der Waals surface area (Å²) in [6, 6.07) is 4.13. The van der Waals surface area contributed by atoms with Gasteiger partial charge < -0.3 is 5.32 Å². The summed E-state index contributed by atoms with van der Waals surface area (Å²) in [4.78, 5) is 22.3. The molecule has 0 fully saturated rings. The predicted octanol–water partition coefficient (Wildman–Crippen LogP) is 2.87. The van der Waals surface area contributed by atoms with E-state index < -0.39 is 16.4 Å². The van der Waals surface area contributed by atoms with Gasteiger partial charge in [0.2, 0.25) is 0 Å². The first kappa shape index (κ1) is 15.7. The van der Waals surface area contributed by atoms with E-state index in [4.69, 9.17) is 23.2 Å². The van der Waals surface area contributed by atoms with Gasteiger partial charge in [-0.25, -0.2) is 0 Å². The molecule has 19 heavy (non-hydrogen) atoms. The molecule has 1 N–H and O–H groups in total. The summed E-state index contributed by atoms with van der Waals surface area (Å²) >= 11 is 11.5. The summed E-state index contributed by atoms with van der Waals surface area (Å²) in [7, 11) is 0. The topological polar surface area (TPSA) is 72.2 Å². The number of hydrogen-bond acceptors (Lipinski definition) is 3. The van der Waals surface area contributed by atoms with E-state index in [0.29, 0.717) is 5.56 Å². The van der Waals surface area contributed by atoms with Gasteiger partial charge in [0.1, 0.15) is 0 Å². The lowest BCUT2D eigenvalue weighted by Gasteiger charge is -2.26. The SMILES string of the molecule is Cc1ccc([N+](=O)[O-])cc1C(=O)NC(C)(CCl)CCl. The fraction of sp³-hybridized carbons (Fsp3) is 0.417. The Morgan fingerprint density at radius 3 is 2.47 bits per heavy atom. The van der Waals surface area contributed by atoms with Crippen molar-refractivity contribution in [2.45, 2.75) is 19.4 Å². The van der Waals surface area contributed by atoms with Crippen molar-refractivity contribution in [3.8, 4) is 0 Å². The standard InChI is InChI=1S/C12H14Cl2N2O3/c1-8-3-4-9(16(18)19)5-10(8)11(17)15-12(2,6-13)7-14/h3-5H,6-7H2,1-2H3,(H,15,17). The van der Waals surface area contributed by atoms with Crippen LogP contribution < -0.4 is 5.32 Å². The Kier molecular flexibility index (Phi) is 5.14. The second-order valence-corrected chi connectivity index (χ2v) is 5.07. The largest absolute Gasteiger partial charge is 0.344 e. The van der Waals surface area contributed by atoms with Crippen LogP contribution >= 0.6 is 23.2 Å². The zero-order valence-corrected chi connectivity index (χ0v) is 12.1. The molecule has 1 rings (SSSR count). The molecule has 1 amide bonds. The Labute approximate surface area is 121 Å². The van der Waals surface area contributed by atoms with Crippen LogP contribution in [0.2, 0.25) is 0 Å². The molecule has 0 unspecified atom stereocenters. The number of nitro benzene ring substituents is 1. The summed E-state index contributed by atoms with van der Waals surface area (Å²) in [6.07, 6.45) is 0. The van der Waals surface area contributed by atoms with Crippen molar-refractivity contribution in [3.63, 3.8) is 0 Å². The number of nitrogens with one attached hydrogen (secondary N) is 1. The Bertz CT molecular complexity index is 502. The second kappa shape index (κ2) is 6.21. The number of halogens is 2. The van der Waals surface area contributed by atoms with Crippen molar-refractivity contribution in [2.24, 2.45) is 0 Å². The molecular formula is C12H14Cl2N2O3. The summed E-state index contributed by atoms with van der Waals surface area (Å²) in [5, 5.41) is 13.4. The molecule has 0 aliphatic heterocycles. The maximum absolute atomic E-state index is 12.1. The van der Waals surface area contributed by atoms with Gasteiger partial charge in [-0.05, 0) is 19.4 Å². The third kappa shape index (κ3) is 3.81. The molecule has 0 saturated heterocycles. The first-order chi connectivity index (χ1) is 8.83. The molecule has 104 valence electrons. The van der Waals surface area contributed by atoms with E-state index in [0.717, 1.165) is 0 Å². The third-order valence-electron chi connectivity index (χ3n) is 2.68. The van der Waals surface area contributed by atoms with Crippen molar-refractivity contribution < 1.29 is 9.72 Å². The van der Waals surface area contributed by atoms with E-state index in [1.807, 2.05) is 0 Å². The Morgan fingerprint density at radius 2 is 2.00 bits per heavy atom. The van der Waals surface area contributed by atoms with E-state index >= 15 is 0 Å². The van der Waals surface area contributed by atoms with Gasteiger partial charge in [-0.3, -0.25) is 14.9 Å². The van der Waals surface area contributed by atoms with Gasteiger partial charge in [0.05, 0.1) is 10.5 Å². The van der Waals surface area contributed by atoms with Crippen LogP contribution in [0, 0.1) is 17.0 Å². The normalized spacial score (nSPS) is 11.2. The number of alkyl halides is 2. The minimum atomic E-state index is -0.753. The van der Waals surface area contributed by atoms with Crippen molar-refractivity contribution in [1.29, 1.82) is 0 Å². The molecule has 0 spiro atoms. The van der Waals surface area contributed by atoms with Crippen LogP contribution in [0.4, 0.5) is 5.69 Å². The quantitative estimate of drug-likeness (QED) is 0.516. The molecule has 0 aliphatic carbocycles. The Morgan fingerprint density at radius 1 is 1.42 bits per heavy atom. The summed E-state index contributed by atoms with van der Waals surface area (Å²) in [5.74, 6) is -0.128. The first-order valence-corrected chi connectivity index (χ1v) is 6.59. The van der Waals surface area contributed by atoms with Gasteiger partial charge in [-0.2, -0.15) is 0 Å². The monoisotopic (exact) mass is 304 g/mol. The van der Waals surface area contributed by atoms with Gasteiger partial charge >= 0.3 is 0 Å². The Hall–Kier alpha value is -1.33. The van der Waals surface area contributed by atoms with Gasteiger partial charge in [0, 0.05) is 29.5 Å². The lowest BCUT2D eigenvalue weighted by molar-refractivity contribution is -0.384. The number of benzene rings is 1. The molecule has 0 aliphatic rings. The third-order valence-corrected chi connectivity index (χ3v) is 3.86. The number of non-ortho nitro benzene ring substituents is 1. The van der Waals surface area contributed by atoms with Crippen LogP contribution in [0.25, 0.3) is 0 Å². The fourth-order valence-corrected chi connectivity index (χ4v) is 1.83. The number of carbonyl (C=O) groups is 1. The van der Waals surface area contributed by atoms with E-state index in [1.54, 1.807) is 13.8 Å². The van der Waals surface area contributed by atoms with Gasteiger partial charge in [0.25, 0.3) is 11.6 Å². The van der Waals surface area contributed by atoms with Crippen LogP contribution in [0.5, 0.6) is 0 Å². The Balaban J connectivity index is 3.06. The average Bonchev–Trinajstić information content (AvgIpc) is 2.38. The second-order valence-electron chi connectivity index (χ2n) is 4.54. The zero-order chi connectivity index (χ0) is 14.6. The zero-order valence-electron chi connectivity index (χ0n) is 10.6. The van der Waals surface area contributed by atoms with Crippen molar-refractivity contribution in [3.05, 3.63) is 39.4 Å². The predicted molar refractivity (Wildman–Crippen MR) is 75.1 cm³/mol. The summed E-state index contributed by atoms with van der Waals surface area (Å²) < 4.78 is 0. The lowest BCUT2D eigenvalue weighted by Crippen LogP contribution is -2.49. The van der Waals surface area contributed by atoms with Gasteiger partial charge in [0.15, 0.2) is 0 Å². The number of amides is 1. The highest BCUT2D eigenvalue weighted by Crippen LogP contribution is 2.19. The number of aryl methyl sites for hydroxylation is 1. The fourth-order valence-electron chi connectivity index (χ4n) is 1.41. The van der Waals surface area contributed by atoms with E-state index in [1.165, 1.54) is 18.2 Å². The summed E-state index contributed by atoms with van der Waals surface area (Å²) in [6.45, 7) is 3.41. The number of hydrogen-bond donors (Lipinski definition) is 1. The van der Waals surface area contributed by atoms with E-state index in [9.17, 15) is 14.9 Å². The van der Waals surface area contributed by atoms with E-state index in [-0.39, 0.29) is 23.0 Å². The highest BCUT2D eigenvalue weighted by atomic mass is 35.5. The smallest absolute Gasteiger partial charge is 0.270 e. The number of carbonyl (C=O) groups excluding carboxylic acids is 1.